The van der Waals surface area contributed by atoms with Crippen molar-refractivity contribution in [3.8, 4) is 0 Å². The third-order valence-corrected chi connectivity index (χ3v) is 3.51. The fraction of sp³-hybridized carbons (Fsp3) is 0.412. The van der Waals surface area contributed by atoms with Crippen LogP contribution in [-0.4, -0.2) is 41.8 Å². The van der Waals surface area contributed by atoms with Crippen LogP contribution >= 0.6 is 0 Å². The molecule has 0 aromatic heterocycles. The maximum absolute atomic E-state index is 12.2. The maximum atomic E-state index is 12.2. The van der Waals surface area contributed by atoms with Gasteiger partial charge in [0.15, 0.2) is 0 Å². The summed E-state index contributed by atoms with van der Waals surface area (Å²) >= 11 is 0. The van der Waals surface area contributed by atoms with Gasteiger partial charge in [-0.15, -0.1) is 0 Å². The van der Waals surface area contributed by atoms with Crippen LogP contribution in [0.15, 0.2) is 30.3 Å². The Morgan fingerprint density at radius 1 is 0.920 bits per heavy atom. The van der Waals surface area contributed by atoms with Gasteiger partial charge in [0.05, 0.1) is 0 Å². The SMILES string of the molecule is CC(=O)N[C@@H](C)C(=O)N[C@@H](C)C(=O)N[C@@H](Cc1ccccc1)C(N)=O. The summed E-state index contributed by atoms with van der Waals surface area (Å²) in [7, 11) is 0. The Kier molecular flexibility index (Phi) is 7.58. The van der Waals surface area contributed by atoms with Crippen LogP contribution in [0.25, 0.3) is 0 Å². The van der Waals surface area contributed by atoms with Gasteiger partial charge in [0, 0.05) is 13.3 Å². The van der Waals surface area contributed by atoms with Crippen LogP contribution in [0.1, 0.15) is 26.3 Å². The molecule has 0 aliphatic carbocycles. The summed E-state index contributed by atoms with van der Waals surface area (Å²) in [5.74, 6) is -2.06. The van der Waals surface area contributed by atoms with E-state index in [1.807, 2.05) is 30.3 Å². The standard InChI is InChI=1S/C17H24N4O4/c1-10(19-12(3)22)16(24)20-11(2)17(25)21-14(15(18)23)9-13-7-5-4-6-8-13/h4-8,10-11,14H,9H2,1-3H3,(H2,18,23)(H,19,22)(H,20,24)(H,21,25)/t10-,11-,14-/m0/s1. The molecule has 0 bridgehead atoms. The average molecular weight is 348 g/mol. The predicted molar refractivity (Wildman–Crippen MR) is 92.2 cm³/mol. The van der Waals surface area contributed by atoms with E-state index in [1.165, 1.54) is 20.8 Å². The van der Waals surface area contributed by atoms with Gasteiger partial charge in [-0.1, -0.05) is 30.3 Å². The average Bonchev–Trinajstić information content (AvgIpc) is 2.54. The van der Waals surface area contributed by atoms with Crippen molar-refractivity contribution in [1.29, 1.82) is 0 Å². The molecule has 0 unspecified atom stereocenters. The molecular weight excluding hydrogens is 324 g/mol. The van der Waals surface area contributed by atoms with E-state index in [9.17, 15) is 19.2 Å². The number of nitrogens with one attached hydrogen (secondary N) is 3. The van der Waals surface area contributed by atoms with Gasteiger partial charge in [-0.3, -0.25) is 19.2 Å². The van der Waals surface area contributed by atoms with Crippen LogP contribution in [0.3, 0.4) is 0 Å². The minimum atomic E-state index is -0.888. The van der Waals surface area contributed by atoms with Crippen LogP contribution in [0, 0.1) is 0 Å². The highest BCUT2D eigenvalue weighted by Crippen LogP contribution is 2.03. The van der Waals surface area contributed by atoms with E-state index >= 15 is 0 Å². The van der Waals surface area contributed by atoms with E-state index in [0.717, 1.165) is 5.56 Å². The lowest BCUT2D eigenvalue weighted by Crippen LogP contribution is -2.55. The Morgan fingerprint density at radius 2 is 1.44 bits per heavy atom. The van der Waals surface area contributed by atoms with Gasteiger partial charge in [-0.25, -0.2) is 0 Å². The Balaban J connectivity index is 2.62. The fourth-order valence-corrected chi connectivity index (χ4v) is 2.14. The Bertz CT molecular complexity index is 633. The number of amides is 4. The molecule has 5 N–H and O–H groups in total. The number of hydrogen-bond acceptors (Lipinski definition) is 4. The van der Waals surface area contributed by atoms with E-state index in [-0.39, 0.29) is 12.3 Å². The van der Waals surface area contributed by atoms with Crippen molar-refractivity contribution in [3.63, 3.8) is 0 Å². The largest absolute Gasteiger partial charge is 0.368 e. The first kappa shape index (κ1) is 20.1. The Hall–Kier alpha value is -2.90. The molecule has 4 amide bonds. The highest BCUT2D eigenvalue weighted by atomic mass is 16.2. The smallest absolute Gasteiger partial charge is 0.242 e. The zero-order valence-corrected chi connectivity index (χ0v) is 14.5. The summed E-state index contributed by atoms with van der Waals surface area (Å²) in [4.78, 5) is 46.7. The van der Waals surface area contributed by atoms with Gasteiger partial charge >= 0.3 is 0 Å². The molecule has 3 atom stereocenters. The van der Waals surface area contributed by atoms with Gasteiger partial charge in [-0.05, 0) is 19.4 Å². The monoisotopic (exact) mass is 348 g/mol. The zero-order chi connectivity index (χ0) is 19.0. The third kappa shape index (κ3) is 7.03. The molecular formula is C17H24N4O4. The maximum Gasteiger partial charge on any atom is 0.242 e. The van der Waals surface area contributed by atoms with E-state index in [2.05, 4.69) is 16.0 Å². The number of carbonyl (C=O) groups excluding carboxylic acids is 4. The zero-order valence-electron chi connectivity index (χ0n) is 14.5. The van der Waals surface area contributed by atoms with Crippen molar-refractivity contribution in [2.24, 2.45) is 5.73 Å². The van der Waals surface area contributed by atoms with Crippen LogP contribution in [0.2, 0.25) is 0 Å². The highest BCUT2D eigenvalue weighted by molar-refractivity contribution is 5.93. The number of benzene rings is 1. The van der Waals surface area contributed by atoms with Gasteiger partial charge < -0.3 is 21.7 Å². The van der Waals surface area contributed by atoms with Crippen molar-refractivity contribution < 1.29 is 19.2 Å². The van der Waals surface area contributed by atoms with E-state index in [1.54, 1.807) is 0 Å². The Labute approximate surface area is 146 Å². The summed E-state index contributed by atoms with van der Waals surface area (Å²) in [5.41, 5.74) is 6.20. The summed E-state index contributed by atoms with van der Waals surface area (Å²) in [6, 6.07) is 6.58. The lowest BCUT2D eigenvalue weighted by Gasteiger charge is -2.21. The fourth-order valence-electron chi connectivity index (χ4n) is 2.14. The highest BCUT2D eigenvalue weighted by Gasteiger charge is 2.24. The van der Waals surface area contributed by atoms with Gasteiger partial charge in [0.1, 0.15) is 18.1 Å². The second kappa shape index (κ2) is 9.41. The number of primary amides is 1. The second-order valence-electron chi connectivity index (χ2n) is 5.81. The van der Waals surface area contributed by atoms with Crippen molar-refractivity contribution in [2.45, 2.75) is 45.3 Å². The van der Waals surface area contributed by atoms with Crippen LogP contribution in [0.5, 0.6) is 0 Å². The predicted octanol–water partition coefficient (Wildman–Crippen LogP) is -0.771. The quantitative estimate of drug-likeness (QED) is 0.491. The first-order valence-corrected chi connectivity index (χ1v) is 7.91. The van der Waals surface area contributed by atoms with Crippen molar-refractivity contribution in [2.75, 3.05) is 0 Å². The third-order valence-electron chi connectivity index (χ3n) is 3.51. The van der Waals surface area contributed by atoms with E-state index in [4.69, 9.17) is 5.73 Å². The molecule has 8 heteroatoms. The molecule has 0 spiro atoms. The number of hydrogen-bond donors (Lipinski definition) is 4. The molecule has 8 nitrogen and oxygen atoms in total. The summed E-state index contributed by atoms with van der Waals surface area (Å²) in [6.07, 6.45) is 0.255. The molecule has 0 fully saturated rings. The molecule has 1 aromatic rings. The number of nitrogens with two attached hydrogens (primary N) is 1. The van der Waals surface area contributed by atoms with Gasteiger partial charge in [0.2, 0.25) is 23.6 Å². The molecule has 0 radical (unpaired) electrons. The molecule has 0 aliphatic heterocycles. The minimum absolute atomic E-state index is 0.255. The van der Waals surface area contributed by atoms with Crippen LogP contribution in [-0.2, 0) is 25.6 Å². The molecule has 1 aromatic carbocycles. The van der Waals surface area contributed by atoms with Crippen molar-refractivity contribution in [1.82, 2.24) is 16.0 Å². The summed E-state index contributed by atoms with van der Waals surface area (Å²) < 4.78 is 0. The lowest BCUT2D eigenvalue weighted by molar-refractivity contribution is -0.132. The number of carbonyl (C=O) groups is 4. The van der Waals surface area contributed by atoms with Crippen molar-refractivity contribution in [3.05, 3.63) is 35.9 Å². The minimum Gasteiger partial charge on any atom is -0.368 e. The Morgan fingerprint density at radius 3 is 1.96 bits per heavy atom. The molecule has 25 heavy (non-hydrogen) atoms. The van der Waals surface area contributed by atoms with Gasteiger partial charge in [-0.2, -0.15) is 0 Å². The first-order chi connectivity index (χ1) is 11.7. The molecule has 0 aliphatic rings. The topological polar surface area (TPSA) is 130 Å². The first-order valence-electron chi connectivity index (χ1n) is 7.91. The molecule has 0 saturated carbocycles. The normalized spacial score (nSPS) is 13.9. The van der Waals surface area contributed by atoms with Crippen LogP contribution in [0.4, 0.5) is 0 Å². The molecule has 136 valence electrons. The second-order valence-corrected chi connectivity index (χ2v) is 5.81. The molecule has 1 rings (SSSR count). The summed E-state index contributed by atoms with van der Waals surface area (Å²) in [5, 5.41) is 7.43. The number of rotatable bonds is 8. The summed E-state index contributed by atoms with van der Waals surface area (Å²) in [6.45, 7) is 4.28. The lowest BCUT2D eigenvalue weighted by atomic mass is 10.1. The van der Waals surface area contributed by atoms with E-state index in [0.29, 0.717) is 0 Å². The van der Waals surface area contributed by atoms with E-state index < -0.39 is 35.8 Å². The van der Waals surface area contributed by atoms with Gasteiger partial charge in [0.25, 0.3) is 0 Å². The molecule has 0 saturated heterocycles. The van der Waals surface area contributed by atoms with Crippen LogP contribution < -0.4 is 21.7 Å². The molecule has 0 heterocycles. The van der Waals surface area contributed by atoms with Crippen molar-refractivity contribution >= 4 is 23.6 Å².